The molecule has 0 atom stereocenters. The number of methoxy groups -OCH3 is 1. The molecule has 0 saturated heterocycles. The number of nitro benzene ring substituents is 1. The third-order valence-corrected chi connectivity index (χ3v) is 1.85. The number of benzene rings is 1. The Labute approximate surface area is 98.7 Å². The zero-order valence-electron chi connectivity index (χ0n) is 8.92. The van der Waals surface area contributed by atoms with Gasteiger partial charge in [-0.2, -0.15) is 8.78 Å². The number of carboxylic acids is 1. The molecule has 0 unspecified atom stereocenters. The quantitative estimate of drug-likeness (QED) is 0.640. The maximum atomic E-state index is 12.8. The predicted molar refractivity (Wildman–Crippen MR) is 52.9 cm³/mol. The zero-order valence-corrected chi connectivity index (χ0v) is 8.92. The van der Waals surface area contributed by atoms with Gasteiger partial charge >= 0.3 is 12.1 Å². The van der Waals surface area contributed by atoms with E-state index in [0.717, 1.165) is 25.3 Å². The number of alkyl halides is 2. The minimum atomic E-state index is -4.45. The normalized spacial score (nSPS) is 10.8. The Morgan fingerprint density at radius 2 is 2.06 bits per heavy atom. The Morgan fingerprint density at radius 1 is 1.44 bits per heavy atom. The largest absolute Gasteiger partial charge is 0.502 e. The van der Waals surface area contributed by atoms with E-state index >= 15 is 0 Å². The molecule has 1 N–H and O–H groups in total. The first-order chi connectivity index (χ1) is 8.27. The number of halogens is 2. The van der Waals surface area contributed by atoms with E-state index in [9.17, 15) is 23.7 Å². The van der Waals surface area contributed by atoms with Crippen molar-refractivity contribution in [2.45, 2.75) is 6.11 Å². The molecule has 9 heteroatoms. The zero-order chi connectivity index (χ0) is 13.9. The lowest BCUT2D eigenvalue weighted by Crippen LogP contribution is -2.34. The topological polar surface area (TPSA) is 98.9 Å². The molecule has 1 aromatic carbocycles. The number of carboxylic acid groups (broad SMARTS) is 1. The second-order valence-corrected chi connectivity index (χ2v) is 3.02. The maximum absolute atomic E-state index is 12.8. The van der Waals surface area contributed by atoms with Gasteiger partial charge in [-0.1, -0.05) is 0 Å². The average molecular weight is 263 g/mol. The van der Waals surface area contributed by atoms with Crippen LogP contribution in [0.25, 0.3) is 0 Å². The smallest absolute Gasteiger partial charge is 0.493 e. The minimum Gasteiger partial charge on any atom is -0.493 e. The molecule has 0 aliphatic rings. The monoisotopic (exact) mass is 263 g/mol. The standard InChI is InChI=1S/C9H7F2NO6/c1-17-7-4-5(12(15)16)2-3-6(7)18-9(10,11)8(13)14/h2-4H,1H3,(H,13,14). The molecule has 0 amide bonds. The molecule has 0 bridgehead atoms. The number of nitrogens with zero attached hydrogens (tertiary/aromatic N) is 1. The van der Waals surface area contributed by atoms with E-state index in [1.807, 2.05) is 0 Å². The van der Waals surface area contributed by atoms with Crippen molar-refractivity contribution in [1.29, 1.82) is 0 Å². The van der Waals surface area contributed by atoms with Gasteiger partial charge in [0.25, 0.3) is 5.69 Å². The van der Waals surface area contributed by atoms with E-state index < -0.39 is 28.4 Å². The number of rotatable bonds is 5. The Balaban J connectivity index is 3.11. The van der Waals surface area contributed by atoms with Crippen LogP contribution in [0.15, 0.2) is 18.2 Å². The molecule has 7 nitrogen and oxygen atoms in total. The molecular weight excluding hydrogens is 256 g/mol. The number of hydrogen-bond donors (Lipinski definition) is 1. The third-order valence-electron chi connectivity index (χ3n) is 1.85. The highest BCUT2D eigenvalue weighted by atomic mass is 19.3. The van der Waals surface area contributed by atoms with Crippen molar-refractivity contribution >= 4 is 11.7 Å². The van der Waals surface area contributed by atoms with Crippen LogP contribution in [0, 0.1) is 10.1 Å². The van der Waals surface area contributed by atoms with E-state index in [0.29, 0.717) is 0 Å². The van der Waals surface area contributed by atoms with Gasteiger partial charge in [0, 0.05) is 6.07 Å². The minimum absolute atomic E-state index is 0.370. The van der Waals surface area contributed by atoms with Gasteiger partial charge in [0.15, 0.2) is 11.5 Å². The van der Waals surface area contributed by atoms with E-state index in [2.05, 4.69) is 9.47 Å². The van der Waals surface area contributed by atoms with Crippen LogP contribution in [0.5, 0.6) is 11.5 Å². The van der Waals surface area contributed by atoms with Gasteiger partial charge in [-0.3, -0.25) is 10.1 Å². The number of carbonyl (C=O) groups is 1. The summed E-state index contributed by atoms with van der Waals surface area (Å²) in [5.41, 5.74) is -0.405. The first-order valence-electron chi connectivity index (χ1n) is 4.40. The number of nitro groups is 1. The van der Waals surface area contributed by atoms with E-state index in [1.54, 1.807) is 0 Å². The fourth-order valence-corrected chi connectivity index (χ4v) is 1.04. The molecule has 0 fully saturated rings. The van der Waals surface area contributed by atoms with Crippen LogP contribution in [0.3, 0.4) is 0 Å². The molecule has 18 heavy (non-hydrogen) atoms. The van der Waals surface area contributed by atoms with Crippen molar-refractivity contribution in [1.82, 2.24) is 0 Å². The Morgan fingerprint density at radius 3 is 2.50 bits per heavy atom. The van der Waals surface area contributed by atoms with Gasteiger partial charge in [0.1, 0.15) is 0 Å². The molecule has 0 heterocycles. The molecule has 1 rings (SSSR count). The van der Waals surface area contributed by atoms with E-state index in [-0.39, 0.29) is 5.75 Å². The SMILES string of the molecule is COc1cc([N+](=O)[O-])ccc1OC(F)(F)C(=O)O. The summed E-state index contributed by atoms with van der Waals surface area (Å²) in [6, 6.07) is 2.55. The van der Waals surface area contributed by atoms with Gasteiger partial charge in [-0.05, 0) is 6.07 Å². The molecule has 1 aromatic rings. The van der Waals surface area contributed by atoms with Gasteiger partial charge in [-0.15, -0.1) is 0 Å². The highest BCUT2D eigenvalue weighted by Gasteiger charge is 2.43. The fourth-order valence-electron chi connectivity index (χ4n) is 1.04. The molecule has 0 spiro atoms. The van der Waals surface area contributed by atoms with Crippen molar-refractivity contribution in [2.75, 3.05) is 7.11 Å². The van der Waals surface area contributed by atoms with Crippen LogP contribution in [0.1, 0.15) is 0 Å². The summed E-state index contributed by atoms with van der Waals surface area (Å²) in [5, 5.41) is 18.6. The van der Waals surface area contributed by atoms with E-state index in [1.165, 1.54) is 0 Å². The molecule has 0 aromatic heterocycles. The average Bonchev–Trinajstić information content (AvgIpc) is 2.28. The molecule has 0 aliphatic heterocycles. The Kier molecular flexibility index (Phi) is 3.64. The van der Waals surface area contributed by atoms with Crippen LogP contribution in [0.4, 0.5) is 14.5 Å². The number of ether oxygens (including phenoxy) is 2. The van der Waals surface area contributed by atoms with Crippen molar-refractivity contribution in [3.8, 4) is 11.5 Å². The highest BCUT2D eigenvalue weighted by molar-refractivity contribution is 5.74. The molecule has 0 aliphatic carbocycles. The molecule has 0 saturated carbocycles. The van der Waals surface area contributed by atoms with Crippen molar-refractivity contribution < 1.29 is 33.1 Å². The third kappa shape index (κ3) is 2.81. The van der Waals surface area contributed by atoms with E-state index in [4.69, 9.17) is 5.11 Å². The van der Waals surface area contributed by atoms with Crippen LogP contribution in [0.2, 0.25) is 0 Å². The summed E-state index contributed by atoms with van der Waals surface area (Å²) >= 11 is 0. The van der Waals surface area contributed by atoms with Crippen LogP contribution < -0.4 is 9.47 Å². The second-order valence-electron chi connectivity index (χ2n) is 3.02. The van der Waals surface area contributed by atoms with Gasteiger partial charge in [-0.25, -0.2) is 4.79 Å². The van der Waals surface area contributed by atoms with Crippen molar-refractivity contribution in [2.24, 2.45) is 0 Å². The summed E-state index contributed by atoms with van der Waals surface area (Å²) in [4.78, 5) is 19.9. The number of hydrogen-bond acceptors (Lipinski definition) is 5. The van der Waals surface area contributed by atoms with Crippen molar-refractivity contribution in [3.63, 3.8) is 0 Å². The molecular formula is C9H7F2NO6. The number of non-ortho nitro benzene ring substituents is 1. The van der Waals surface area contributed by atoms with Gasteiger partial charge in [0.2, 0.25) is 0 Å². The highest BCUT2D eigenvalue weighted by Crippen LogP contribution is 2.34. The van der Waals surface area contributed by atoms with Gasteiger partial charge < -0.3 is 14.6 Å². The second kappa shape index (κ2) is 4.82. The Bertz CT molecular complexity index is 490. The first kappa shape index (κ1) is 13.6. The summed E-state index contributed by atoms with van der Waals surface area (Å²) in [6.07, 6.45) is -4.45. The molecule has 0 radical (unpaired) electrons. The van der Waals surface area contributed by atoms with Crippen LogP contribution in [-0.4, -0.2) is 29.2 Å². The number of aliphatic carboxylic acids is 1. The summed E-state index contributed by atoms with van der Waals surface area (Å²) < 4.78 is 34.1. The predicted octanol–water partition coefficient (Wildman–Crippen LogP) is 1.66. The lowest BCUT2D eigenvalue weighted by atomic mass is 10.3. The summed E-state index contributed by atoms with van der Waals surface area (Å²) in [6.45, 7) is 0. The van der Waals surface area contributed by atoms with Crippen LogP contribution in [-0.2, 0) is 4.79 Å². The molecule has 98 valence electrons. The Hall–Kier alpha value is -2.45. The fraction of sp³-hybridized carbons (Fsp3) is 0.222. The van der Waals surface area contributed by atoms with Gasteiger partial charge in [0.05, 0.1) is 18.1 Å². The first-order valence-corrected chi connectivity index (χ1v) is 4.40. The van der Waals surface area contributed by atoms with Crippen LogP contribution >= 0.6 is 0 Å². The lowest BCUT2D eigenvalue weighted by molar-refractivity contribution is -0.385. The summed E-state index contributed by atoms with van der Waals surface area (Å²) in [5.74, 6) is -3.47. The summed E-state index contributed by atoms with van der Waals surface area (Å²) in [7, 11) is 1.07. The van der Waals surface area contributed by atoms with Crippen molar-refractivity contribution in [3.05, 3.63) is 28.3 Å². The lowest BCUT2D eigenvalue weighted by Gasteiger charge is -2.15. The maximum Gasteiger partial charge on any atom is 0.502 e.